The number of piperidine rings is 1. The van der Waals surface area contributed by atoms with Gasteiger partial charge in [-0.1, -0.05) is 0 Å². The van der Waals surface area contributed by atoms with E-state index in [-0.39, 0.29) is 15.0 Å². The summed E-state index contributed by atoms with van der Waals surface area (Å²) >= 11 is 1.76. The average Bonchev–Trinajstić information content (AvgIpc) is 2.42. The molecular weight excluding hydrogens is 365 g/mol. The Balaban J connectivity index is 2.14. The molecule has 19 heavy (non-hydrogen) atoms. The Morgan fingerprint density at radius 2 is 1.95 bits per heavy atom. The molecule has 0 bridgehead atoms. The van der Waals surface area contributed by atoms with Crippen LogP contribution in [0.4, 0.5) is 8.78 Å². The van der Waals surface area contributed by atoms with E-state index < -0.39 is 11.6 Å². The molecule has 2 rings (SSSR count). The van der Waals surface area contributed by atoms with E-state index in [0.29, 0.717) is 19.1 Å². The largest absolute Gasteiger partial charge is 0.338 e. The number of nitrogens with zero attached hydrogens (tertiary/aromatic N) is 1. The SMILES string of the molecule is CNC1CCN(C(=O)c2cc(I)c(F)cc2F)CC1. The number of hydrogen-bond acceptors (Lipinski definition) is 2. The maximum Gasteiger partial charge on any atom is 0.256 e. The van der Waals surface area contributed by atoms with Crippen molar-refractivity contribution in [1.29, 1.82) is 0 Å². The van der Waals surface area contributed by atoms with Gasteiger partial charge in [-0.05, 0) is 48.5 Å². The van der Waals surface area contributed by atoms with Crippen LogP contribution in [0.2, 0.25) is 0 Å². The second kappa shape index (κ2) is 6.13. The Labute approximate surface area is 124 Å². The van der Waals surface area contributed by atoms with E-state index in [1.54, 1.807) is 27.5 Å². The first-order valence-electron chi connectivity index (χ1n) is 6.14. The third-order valence-electron chi connectivity index (χ3n) is 3.43. The van der Waals surface area contributed by atoms with Gasteiger partial charge in [0, 0.05) is 28.8 Å². The molecule has 1 saturated heterocycles. The van der Waals surface area contributed by atoms with Gasteiger partial charge in [0.15, 0.2) is 0 Å². The molecule has 104 valence electrons. The maximum absolute atomic E-state index is 13.7. The molecule has 0 radical (unpaired) electrons. The Kier molecular flexibility index (Phi) is 4.72. The van der Waals surface area contributed by atoms with Crippen LogP contribution >= 0.6 is 22.6 Å². The van der Waals surface area contributed by atoms with Gasteiger partial charge in [0.05, 0.1) is 5.56 Å². The van der Waals surface area contributed by atoms with Crippen LogP contribution in [0.1, 0.15) is 23.2 Å². The summed E-state index contributed by atoms with van der Waals surface area (Å²) in [7, 11) is 1.89. The molecule has 1 amide bonds. The molecule has 0 unspecified atom stereocenters. The molecular formula is C13H15F2IN2O. The van der Waals surface area contributed by atoms with E-state index in [2.05, 4.69) is 5.32 Å². The second-order valence-corrected chi connectivity index (χ2v) is 5.76. The minimum absolute atomic E-state index is 0.0475. The van der Waals surface area contributed by atoms with E-state index in [4.69, 9.17) is 0 Å². The molecule has 3 nitrogen and oxygen atoms in total. The first-order valence-corrected chi connectivity index (χ1v) is 7.22. The zero-order valence-electron chi connectivity index (χ0n) is 10.5. The van der Waals surface area contributed by atoms with Crippen molar-refractivity contribution < 1.29 is 13.6 Å². The fourth-order valence-corrected chi connectivity index (χ4v) is 2.70. The van der Waals surface area contributed by atoms with E-state index >= 15 is 0 Å². The first-order chi connectivity index (χ1) is 9.02. The van der Waals surface area contributed by atoms with Crippen LogP contribution < -0.4 is 5.32 Å². The van der Waals surface area contributed by atoms with Crippen molar-refractivity contribution >= 4 is 28.5 Å². The van der Waals surface area contributed by atoms with E-state index in [0.717, 1.165) is 18.9 Å². The number of rotatable bonds is 2. The van der Waals surface area contributed by atoms with Crippen molar-refractivity contribution in [1.82, 2.24) is 10.2 Å². The standard InChI is InChI=1S/C13H15F2IN2O/c1-17-8-2-4-18(5-3-8)13(19)9-6-12(16)11(15)7-10(9)14/h6-8,17H,2-5H2,1H3. The quantitative estimate of drug-likeness (QED) is 0.632. The Bertz CT molecular complexity index is 488. The molecule has 6 heteroatoms. The van der Waals surface area contributed by atoms with Crippen LogP contribution in [0.15, 0.2) is 12.1 Å². The highest BCUT2D eigenvalue weighted by Crippen LogP contribution is 2.20. The Morgan fingerprint density at radius 3 is 2.53 bits per heavy atom. The molecule has 0 saturated carbocycles. The first kappa shape index (κ1) is 14.6. The molecule has 1 fully saturated rings. The topological polar surface area (TPSA) is 32.3 Å². The van der Waals surface area contributed by atoms with Crippen molar-refractivity contribution in [2.45, 2.75) is 18.9 Å². The zero-order valence-corrected chi connectivity index (χ0v) is 12.7. The monoisotopic (exact) mass is 380 g/mol. The van der Waals surface area contributed by atoms with Gasteiger partial charge in [0.2, 0.25) is 0 Å². The summed E-state index contributed by atoms with van der Waals surface area (Å²) in [6, 6.07) is 2.45. The smallest absolute Gasteiger partial charge is 0.256 e. The lowest BCUT2D eigenvalue weighted by molar-refractivity contribution is 0.0702. The predicted molar refractivity (Wildman–Crippen MR) is 77.1 cm³/mol. The van der Waals surface area contributed by atoms with Crippen LogP contribution in [-0.2, 0) is 0 Å². The lowest BCUT2D eigenvalue weighted by Crippen LogP contribution is -2.44. The van der Waals surface area contributed by atoms with Crippen molar-refractivity contribution in [3.8, 4) is 0 Å². The number of likely N-dealkylation sites (tertiary alicyclic amines) is 1. The molecule has 0 aromatic heterocycles. The summed E-state index contributed by atoms with van der Waals surface area (Å²) < 4.78 is 27.1. The van der Waals surface area contributed by atoms with Gasteiger partial charge in [-0.3, -0.25) is 4.79 Å². The third-order valence-corrected chi connectivity index (χ3v) is 4.26. The number of carbonyl (C=O) groups is 1. The van der Waals surface area contributed by atoms with Crippen LogP contribution in [-0.4, -0.2) is 37.0 Å². The van der Waals surface area contributed by atoms with E-state index in [1.807, 2.05) is 7.05 Å². The minimum Gasteiger partial charge on any atom is -0.338 e. The minimum atomic E-state index is -0.793. The van der Waals surface area contributed by atoms with Crippen LogP contribution in [0.25, 0.3) is 0 Å². The van der Waals surface area contributed by atoms with Crippen molar-refractivity contribution in [2.24, 2.45) is 0 Å². The second-order valence-electron chi connectivity index (χ2n) is 4.60. The zero-order chi connectivity index (χ0) is 14.0. The molecule has 1 N–H and O–H groups in total. The summed E-state index contributed by atoms with van der Waals surface area (Å²) in [5.74, 6) is -1.79. The average molecular weight is 380 g/mol. The number of benzene rings is 1. The van der Waals surface area contributed by atoms with Crippen LogP contribution in [0.5, 0.6) is 0 Å². The molecule has 0 spiro atoms. The van der Waals surface area contributed by atoms with Gasteiger partial charge >= 0.3 is 0 Å². The van der Waals surface area contributed by atoms with Gasteiger partial charge in [-0.15, -0.1) is 0 Å². The van der Waals surface area contributed by atoms with Crippen molar-refractivity contribution in [3.05, 3.63) is 32.9 Å². The lowest BCUT2D eigenvalue weighted by Gasteiger charge is -2.32. The number of carbonyl (C=O) groups excluding carboxylic acids is 1. The van der Waals surface area contributed by atoms with Gasteiger partial charge in [-0.2, -0.15) is 0 Å². The van der Waals surface area contributed by atoms with Crippen molar-refractivity contribution in [2.75, 3.05) is 20.1 Å². The summed E-state index contributed by atoms with van der Waals surface area (Å²) in [4.78, 5) is 13.8. The number of nitrogens with one attached hydrogen (secondary N) is 1. The van der Waals surface area contributed by atoms with Gasteiger partial charge in [0.25, 0.3) is 5.91 Å². The molecule has 1 aliphatic rings. The molecule has 1 aliphatic heterocycles. The van der Waals surface area contributed by atoms with E-state index in [1.165, 1.54) is 6.07 Å². The highest BCUT2D eigenvalue weighted by molar-refractivity contribution is 14.1. The lowest BCUT2D eigenvalue weighted by atomic mass is 10.0. The molecule has 1 aromatic carbocycles. The van der Waals surface area contributed by atoms with Crippen LogP contribution in [0.3, 0.4) is 0 Å². The summed E-state index contributed by atoms with van der Waals surface area (Å²) in [6.45, 7) is 1.19. The maximum atomic E-state index is 13.7. The predicted octanol–water partition coefficient (Wildman–Crippen LogP) is 2.39. The molecule has 1 heterocycles. The van der Waals surface area contributed by atoms with Crippen molar-refractivity contribution in [3.63, 3.8) is 0 Å². The normalized spacial score (nSPS) is 16.7. The number of amides is 1. The highest BCUT2D eigenvalue weighted by Gasteiger charge is 2.25. The summed E-state index contributed by atoms with van der Waals surface area (Å²) in [6.07, 6.45) is 1.70. The van der Waals surface area contributed by atoms with Gasteiger partial charge < -0.3 is 10.2 Å². The van der Waals surface area contributed by atoms with Gasteiger partial charge in [-0.25, -0.2) is 8.78 Å². The molecule has 0 aliphatic carbocycles. The Morgan fingerprint density at radius 1 is 1.32 bits per heavy atom. The summed E-state index contributed by atoms with van der Waals surface area (Å²) in [5.41, 5.74) is -0.0475. The van der Waals surface area contributed by atoms with E-state index in [9.17, 15) is 13.6 Å². The summed E-state index contributed by atoms with van der Waals surface area (Å²) in [5, 5.41) is 3.17. The number of hydrogen-bond donors (Lipinski definition) is 1. The molecule has 1 aromatic rings. The van der Waals surface area contributed by atoms with Crippen LogP contribution in [0, 0.1) is 15.2 Å². The number of halogens is 3. The highest BCUT2D eigenvalue weighted by atomic mass is 127. The molecule has 0 atom stereocenters. The fraction of sp³-hybridized carbons (Fsp3) is 0.462. The Hall–Kier alpha value is -0.760. The van der Waals surface area contributed by atoms with Gasteiger partial charge in [0.1, 0.15) is 11.6 Å². The fourth-order valence-electron chi connectivity index (χ4n) is 2.23. The third kappa shape index (κ3) is 3.22.